The average Bonchev–Trinajstić information content (AvgIpc) is 3.07. The minimum absolute atomic E-state index is 0.0151. The van der Waals surface area contributed by atoms with Crippen molar-refractivity contribution in [2.24, 2.45) is 0 Å². The molecule has 1 N–H and O–H groups in total. The number of anilines is 2. The van der Waals surface area contributed by atoms with Crippen molar-refractivity contribution in [1.29, 1.82) is 0 Å². The average molecular weight is 481 g/mol. The van der Waals surface area contributed by atoms with E-state index in [-0.39, 0.29) is 24.0 Å². The lowest BCUT2D eigenvalue weighted by Crippen LogP contribution is -2.38. The van der Waals surface area contributed by atoms with Crippen molar-refractivity contribution in [1.82, 2.24) is 0 Å². The van der Waals surface area contributed by atoms with Crippen molar-refractivity contribution in [3.05, 3.63) is 107 Å². The SMILES string of the molecule is CCC(=O)N1c2ccccc2NC2=C(C(=O)C[C@H](c3ccccc3)C2)[C@@H]1c1ccc(C(=O)OC)cc1. The number of fused-ring (bicyclic) bond motifs is 1. The normalized spacial score (nSPS) is 19.1. The Balaban J connectivity index is 1.69. The minimum Gasteiger partial charge on any atom is -0.465 e. The molecule has 3 aromatic carbocycles. The highest BCUT2D eigenvalue weighted by Gasteiger charge is 2.41. The van der Waals surface area contributed by atoms with Crippen molar-refractivity contribution in [3.63, 3.8) is 0 Å². The number of methoxy groups -OCH3 is 1. The number of ether oxygens (including phenoxy) is 1. The number of benzene rings is 3. The number of allylic oxidation sites excluding steroid dienone is 1. The highest BCUT2D eigenvalue weighted by molar-refractivity contribution is 6.06. The van der Waals surface area contributed by atoms with Crippen LogP contribution in [0.1, 0.15) is 59.6 Å². The molecular formula is C30H28N2O4. The van der Waals surface area contributed by atoms with E-state index in [4.69, 9.17) is 4.74 Å². The Morgan fingerprint density at radius 3 is 2.31 bits per heavy atom. The molecule has 0 aromatic heterocycles. The summed E-state index contributed by atoms with van der Waals surface area (Å²) in [6, 6.07) is 24.1. The molecule has 36 heavy (non-hydrogen) atoms. The van der Waals surface area contributed by atoms with E-state index in [0.717, 1.165) is 28.2 Å². The topological polar surface area (TPSA) is 75.7 Å². The molecule has 2 aliphatic rings. The van der Waals surface area contributed by atoms with Crippen LogP contribution in [0.3, 0.4) is 0 Å². The van der Waals surface area contributed by atoms with Gasteiger partial charge in [-0.05, 0) is 47.7 Å². The second-order valence-electron chi connectivity index (χ2n) is 9.11. The molecule has 1 heterocycles. The largest absolute Gasteiger partial charge is 0.465 e. The highest BCUT2D eigenvalue weighted by atomic mass is 16.5. The Hall–Kier alpha value is -4.19. The van der Waals surface area contributed by atoms with Crippen LogP contribution in [0.15, 0.2) is 90.1 Å². The van der Waals surface area contributed by atoms with E-state index < -0.39 is 12.0 Å². The van der Waals surface area contributed by atoms with Crippen LogP contribution in [-0.4, -0.2) is 24.8 Å². The number of carbonyl (C=O) groups excluding carboxylic acids is 3. The van der Waals surface area contributed by atoms with Crippen LogP contribution in [0, 0.1) is 0 Å². The summed E-state index contributed by atoms with van der Waals surface area (Å²) in [5.41, 5.74) is 5.26. The van der Waals surface area contributed by atoms with Gasteiger partial charge in [-0.2, -0.15) is 0 Å². The summed E-state index contributed by atoms with van der Waals surface area (Å²) >= 11 is 0. The van der Waals surface area contributed by atoms with Crippen LogP contribution < -0.4 is 10.2 Å². The van der Waals surface area contributed by atoms with Crippen molar-refractivity contribution in [3.8, 4) is 0 Å². The van der Waals surface area contributed by atoms with Crippen molar-refractivity contribution in [2.75, 3.05) is 17.3 Å². The zero-order chi connectivity index (χ0) is 25.2. The zero-order valence-corrected chi connectivity index (χ0v) is 20.4. The van der Waals surface area contributed by atoms with Crippen LogP contribution in [-0.2, 0) is 14.3 Å². The Morgan fingerprint density at radius 1 is 0.917 bits per heavy atom. The van der Waals surface area contributed by atoms with E-state index in [0.29, 0.717) is 24.0 Å². The standard InChI is InChI=1S/C30H28N2O4/c1-3-27(34)32-25-12-8-7-11-23(25)31-24-17-22(19-9-5-4-6-10-19)18-26(33)28(24)29(32)20-13-15-21(16-14-20)30(35)36-2/h4-16,22,29,31H,3,17-18H2,1-2H3/t22-,29+/m1/s1. The van der Waals surface area contributed by atoms with Gasteiger partial charge in [0.1, 0.15) is 0 Å². The molecule has 182 valence electrons. The predicted molar refractivity (Wildman–Crippen MR) is 139 cm³/mol. The fourth-order valence-electron chi connectivity index (χ4n) is 5.23. The van der Waals surface area contributed by atoms with Crippen molar-refractivity contribution >= 4 is 29.0 Å². The summed E-state index contributed by atoms with van der Waals surface area (Å²) in [6.07, 6.45) is 1.31. The third-order valence-corrected chi connectivity index (χ3v) is 6.98. The number of Topliss-reactive ketones (excluding diaryl/α,β-unsaturated/α-hetero) is 1. The molecule has 0 unspecified atom stereocenters. The third kappa shape index (κ3) is 4.19. The van der Waals surface area contributed by atoms with Crippen LogP contribution in [0.4, 0.5) is 11.4 Å². The van der Waals surface area contributed by atoms with Gasteiger partial charge in [0.25, 0.3) is 0 Å². The molecule has 0 spiro atoms. The van der Waals surface area contributed by atoms with Gasteiger partial charge in [0.05, 0.1) is 30.1 Å². The molecule has 5 rings (SSSR count). The Bertz CT molecular complexity index is 1340. The number of ketones is 1. The number of hydrogen-bond acceptors (Lipinski definition) is 5. The smallest absolute Gasteiger partial charge is 0.337 e. The van der Waals surface area contributed by atoms with Gasteiger partial charge in [-0.25, -0.2) is 4.79 Å². The maximum absolute atomic E-state index is 13.9. The Kier molecular flexibility index (Phi) is 6.42. The summed E-state index contributed by atoms with van der Waals surface area (Å²) in [7, 11) is 1.34. The summed E-state index contributed by atoms with van der Waals surface area (Å²) in [5.74, 6) is -0.456. The summed E-state index contributed by atoms with van der Waals surface area (Å²) in [4.78, 5) is 41.1. The zero-order valence-electron chi connectivity index (χ0n) is 20.4. The first-order valence-corrected chi connectivity index (χ1v) is 12.2. The van der Waals surface area contributed by atoms with Crippen LogP contribution in [0.2, 0.25) is 0 Å². The Morgan fingerprint density at radius 2 is 1.61 bits per heavy atom. The third-order valence-electron chi connectivity index (χ3n) is 6.98. The number of para-hydroxylation sites is 2. The summed E-state index contributed by atoms with van der Waals surface area (Å²) in [5, 5.41) is 3.53. The number of nitrogens with zero attached hydrogens (tertiary/aromatic N) is 1. The molecule has 0 saturated heterocycles. The fourth-order valence-corrected chi connectivity index (χ4v) is 5.23. The number of esters is 1. The van der Waals surface area contributed by atoms with Gasteiger partial charge in [-0.15, -0.1) is 0 Å². The first-order chi connectivity index (χ1) is 17.5. The maximum Gasteiger partial charge on any atom is 0.337 e. The van der Waals surface area contributed by atoms with Crippen molar-refractivity contribution in [2.45, 2.75) is 38.1 Å². The molecular weight excluding hydrogens is 452 g/mol. The molecule has 6 heteroatoms. The van der Waals surface area contributed by atoms with Gasteiger partial charge in [-0.1, -0.05) is 61.5 Å². The van der Waals surface area contributed by atoms with E-state index in [1.54, 1.807) is 17.0 Å². The predicted octanol–water partition coefficient (Wildman–Crippen LogP) is 5.78. The molecule has 0 bridgehead atoms. The molecule has 6 nitrogen and oxygen atoms in total. The molecule has 1 amide bonds. The number of carbonyl (C=O) groups is 3. The van der Waals surface area contributed by atoms with Gasteiger partial charge in [0.15, 0.2) is 5.78 Å². The first-order valence-electron chi connectivity index (χ1n) is 12.2. The lowest BCUT2D eigenvalue weighted by atomic mass is 9.78. The highest BCUT2D eigenvalue weighted by Crippen LogP contribution is 2.47. The van der Waals surface area contributed by atoms with E-state index in [9.17, 15) is 14.4 Å². The molecule has 0 fully saturated rings. The van der Waals surface area contributed by atoms with Crippen LogP contribution in [0.5, 0.6) is 0 Å². The van der Waals surface area contributed by atoms with E-state index in [1.165, 1.54) is 7.11 Å². The van der Waals surface area contributed by atoms with Crippen LogP contribution in [0.25, 0.3) is 0 Å². The van der Waals surface area contributed by atoms with Gasteiger partial charge < -0.3 is 10.1 Å². The quantitative estimate of drug-likeness (QED) is 0.479. The molecule has 1 aliphatic heterocycles. The summed E-state index contributed by atoms with van der Waals surface area (Å²) < 4.78 is 4.84. The van der Waals surface area contributed by atoms with E-state index >= 15 is 0 Å². The van der Waals surface area contributed by atoms with Gasteiger partial charge in [0.2, 0.25) is 5.91 Å². The Labute approximate surface area is 210 Å². The number of amides is 1. The van der Waals surface area contributed by atoms with Gasteiger partial charge in [0, 0.05) is 24.1 Å². The summed E-state index contributed by atoms with van der Waals surface area (Å²) in [6.45, 7) is 1.82. The lowest BCUT2D eigenvalue weighted by Gasteiger charge is -2.35. The second kappa shape index (κ2) is 9.82. The molecule has 2 atom stereocenters. The van der Waals surface area contributed by atoms with E-state index in [2.05, 4.69) is 17.4 Å². The second-order valence-corrected chi connectivity index (χ2v) is 9.11. The minimum atomic E-state index is -0.612. The van der Waals surface area contributed by atoms with E-state index in [1.807, 2.05) is 61.5 Å². The first kappa shape index (κ1) is 23.5. The lowest BCUT2D eigenvalue weighted by molar-refractivity contribution is -0.119. The van der Waals surface area contributed by atoms with Gasteiger partial charge in [-0.3, -0.25) is 14.5 Å². The number of rotatable bonds is 4. The number of hydrogen-bond donors (Lipinski definition) is 1. The molecule has 0 radical (unpaired) electrons. The molecule has 1 aliphatic carbocycles. The molecule has 3 aromatic rings. The monoisotopic (exact) mass is 480 g/mol. The maximum atomic E-state index is 13.9. The van der Waals surface area contributed by atoms with Crippen molar-refractivity contribution < 1.29 is 19.1 Å². The van der Waals surface area contributed by atoms with Crippen LogP contribution >= 0.6 is 0 Å². The van der Waals surface area contributed by atoms with Gasteiger partial charge >= 0.3 is 5.97 Å². The molecule has 0 saturated carbocycles. The number of nitrogens with one attached hydrogen (secondary N) is 1. The fraction of sp³-hybridized carbons (Fsp3) is 0.233.